The van der Waals surface area contributed by atoms with Crippen molar-refractivity contribution in [3.63, 3.8) is 0 Å². The summed E-state index contributed by atoms with van der Waals surface area (Å²) < 4.78 is 14.5. The second-order valence-corrected chi connectivity index (χ2v) is 3.94. The molecule has 0 aliphatic rings. The third-order valence-electron chi connectivity index (χ3n) is 2.71. The molecule has 96 valence electrons. The third kappa shape index (κ3) is 2.72. The van der Waals surface area contributed by atoms with E-state index in [1.807, 2.05) is 0 Å². The SMILES string of the molecule is NCc1nnn(CCO)c1Cc1ccc(F)cc1. The summed E-state index contributed by atoms with van der Waals surface area (Å²) in [6.07, 6.45) is 0.569. The topological polar surface area (TPSA) is 77.0 Å². The maximum Gasteiger partial charge on any atom is 0.123 e. The van der Waals surface area contributed by atoms with Gasteiger partial charge in [-0.15, -0.1) is 5.10 Å². The number of rotatable bonds is 5. The Labute approximate surface area is 104 Å². The van der Waals surface area contributed by atoms with Crippen LogP contribution in [0.3, 0.4) is 0 Å². The Kier molecular flexibility index (Phi) is 4.01. The van der Waals surface area contributed by atoms with Crippen LogP contribution in [0.4, 0.5) is 4.39 Å². The van der Waals surface area contributed by atoms with Gasteiger partial charge in [-0.25, -0.2) is 9.07 Å². The number of benzene rings is 1. The Morgan fingerprint density at radius 3 is 2.61 bits per heavy atom. The summed E-state index contributed by atoms with van der Waals surface area (Å²) in [5, 5.41) is 16.9. The van der Waals surface area contributed by atoms with Gasteiger partial charge in [-0.1, -0.05) is 17.3 Å². The average molecular weight is 250 g/mol. The Hall–Kier alpha value is -1.79. The second kappa shape index (κ2) is 5.70. The van der Waals surface area contributed by atoms with Gasteiger partial charge in [0.1, 0.15) is 5.82 Å². The number of aliphatic hydroxyl groups is 1. The van der Waals surface area contributed by atoms with Gasteiger partial charge in [0, 0.05) is 13.0 Å². The summed E-state index contributed by atoms with van der Waals surface area (Å²) in [6, 6.07) is 6.26. The van der Waals surface area contributed by atoms with Crippen LogP contribution >= 0.6 is 0 Å². The van der Waals surface area contributed by atoms with Crippen molar-refractivity contribution in [2.75, 3.05) is 6.61 Å². The molecule has 0 aliphatic carbocycles. The highest BCUT2D eigenvalue weighted by molar-refractivity contribution is 5.24. The van der Waals surface area contributed by atoms with E-state index < -0.39 is 0 Å². The number of nitrogens with two attached hydrogens (primary N) is 1. The van der Waals surface area contributed by atoms with Gasteiger partial charge in [-0.05, 0) is 17.7 Å². The fourth-order valence-electron chi connectivity index (χ4n) is 1.79. The van der Waals surface area contributed by atoms with Gasteiger partial charge in [-0.3, -0.25) is 0 Å². The van der Waals surface area contributed by atoms with Gasteiger partial charge in [0.2, 0.25) is 0 Å². The number of hydrogen-bond donors (Lipinski definition) is 2. The van der Waals surface area contributed by atoms with Crippen LogP contribution in [0.25, 0.3) is 0 Å². The van der Waals surface area contributed by atoms with Crippen molar-refractivity contribution in [2.45, 2.75) is 19.5 Å². The van der Waals surface area contributed by atoms with E-state index in [1.54, 1.807) is 16.8 Å². The summed E-state index contributed by atoms with van der Waals surface area (Å²) in [5.41, 5.74) is 8.11. The molecule has 0 fully saturated rings. The number of aliphatic hydroxyl groups excluding tert-OH is 1. The van der Waals surface area contributed by atoms with Crippen molar-refractivity contribution in [3.8, 4) is 0 Å². The molecule has 0 saturated carbocycles. The first-order valence-electron chi connectivity index (χ1n) is 5.71. The lowest BCUT2D eigenvalue weighted by Crippen LogP contribution is -2.10. The van der Waals surface area contributed by atoms with Crippen molar-refractivity contribution < 1.29 is 9.50 Å². The van der Waals surface area contributed by atoms with Crippen LogP contribution in [0, 0.1) is 5.82 Å². The molecule has 0 saturated heterocycles. The summed E-state index contributed by atoms with van der Waals surface area (Å²) in [5.74, 6) is -0.264. The fraction of sp³-hybridized carbons (Fsp3) is 0.333. The van der Waals surface area contributed by atoms with Gasteiger partial charge < -0.3 is 10.8 Å². The molecule has 1 aromatic heterocycles. The average Bonchev–Trinajstić information content (AvgIpc) is 2.75. The third-order valence-corrected chi connectivity index (χ3v) is 2.71. The van der Waals surface area contributed by atoms with Crippen molar-refractivity contribution in [1.82, 2.24) is 15.0 Å². The molecule has 0 aliphatic heterocycles. The zero-order chi connectivity index (χ0) is 13.0. The van der Waals surface area contributed by atoms with E-state index in [4.69, 9.17) is 10.8 Å². The van der Waals surface area contributed by atoms with Gasteiger partial charge in [0.25, 0.3) is 0 Å². The van der Waals surface area contributed by atoms with Gasteiger partial charge in [0.15, 0.2) is 0 Å². The molecule has 6 heteroatoms. The van der Waals surface area contributed by atoms with Gasteiger partial charge in [0.05, 0.1) is 24.5 Å². The van der Waals surface area contributed by atoms with Gasteiger partial charge >= 0.3 is 0 Å². The lowest BCUT2D eigenvalue weighted by atomic mass is 10.1. The summed E-state index contributed by atoms with van der Waals surface area (Å²) in [4.78, 5) is 0. The summed E-state index contributed by atoms with van der Waals surface area (Å²) in [7, 11) is 0. The standard InChI is InChI=1S/C12H15FN4O/c13-10-3-1-9(2-4-10)7-12-11(8-14)15-16-17(12)5-6-18/h1-4,18H,5-8,14H2. The van der Waals surface area contributed by atoms with Crippen molar-refractivity contribution >= 4 is 0 Å². The molecule has 18 heavy (non-hydrogen) atoms. The van der Waals surface area contributed by atoms with E-state index in [0.29, 0.717) is 25.2 Å². The first kappa shape index (κ1) is 12.7. The number of nitrogens with zero attached hydrogens (tertiary/aromatic N) is 3. The quantitative estimate of drug-likeness (QED) is 0.808. The fourth-order valence-corrected chi connectivity index (χ4v) is 1.79. The summed E-state index contributed by atoms with van der Waals surface area (Å²) in [6.45, 7) is 0.662. The lowest BCUT2D eigenvalue weighted by Gasteiger charge is -2.06. The molecule has 1 heterocycles. The molecule has 0 bridgehead atoms. The Bertz CT molecular complexity index is 509. The second-order valence-electron chi connectivity index (χ2n) is 3.94. The zero-order valence-corrected chi connectivity index (χ0v) is 9.88. The first-order valence-corrected chi connectivity index (χ1v) is 5.71. The van der Waals surface area contributed by atoms with Crippen LogP contribution in [0.5, 0.6) is 0 Å². The number of halogens is 1. The maximum atomic E-state index is 12.8. The minimum atomic E-state index is -0.264. The number of hydrogen-bond acceptors (Lipinski definition) is 4. The highest BCUT2D eigenvalue weighted by Crippen LogP contribution is 2.13. The largest absolute Gasteiger partial charge is 0.394 e. The number of aromatic nitrogens is 3. The predicted octanol–water partition coefficient (Wildman–Crippen LogP) is 0.459. The van der Waals surface area contributed by atoms with Crippen LogP contribution in [-0.2, 0) is 19.5 Å². The predicted molar refractivity (Wildman–Crippen MR) is 64.2 cm³/mol. The smallest absolute Gasteiger partial charge is 0.123 e. The van der Waals surface area contributed by atoms with E-state index in [-0.39, 0.29) is 12.4 Å². The molecule has 0 radical (unpaired) electrons. The van der Waals surface area contributed by atoms with Crippen LogP contribution in [-0.4, -0.2) is 26.7 Å². The molecule has 2 aromatic rings. The Balaban J connectivity index is 2.26. The maximum absolute atomic E-state index is 12.8. The van der Waals surface area contributed by atoms with Crippen LogP contribution in [0.2, 0.25) is 0 Å². The molecule has 5 nitrogen and oxygen atoms in total. The van der Waals surface area contributed by atoms with E-state index >= 15 is 0 Å². The van der Waals surface area contributed by atoms with Gasteiger partial charge in [-0.2, -0.15) is 0 Å². The van der Waals surface area contributed by atoms with E-state index in [9.17, 15) is 4.39 Å². The molecular weight excluding hydrogens is 235 g/mol. The lowest BCUT2D eigenvalue weighted by molar-refractivity contribution is 0.266. The minimum Gasteiger partial charge on any atom is -0.394 e. The first-order chi connectivity index (χ1) is 8.74. The van der Waals surface area contributed by atoms with Crippen LogP contribution in [0.15, 0.2) is 24.3 Å². The van der Waals surface area contributed by atoms with E-state index in [0.717, 1.165) is 11.3 Å². The van der Waals surface area contributed by atoms with Crippen molar-refractivity contribution in [3.05, 3.63) is 47.0 Å². The van der Waals surface area contributed by atoms with Crippen LogP contribution in [0.1, 0.15) is 17.0 Å². The zero-order valence-electron chi connectivity index (χ0n) is 9.88. The van der Waals surface area contributed by atoms with E-state index in [2.05, 4.69) is 10.3 Å². The Morgan fingerprint density at radius 1 is 1.28 bits per heavy atom. The molecule has 3 N–H and O–H groups in total. The molecule has 0 atom stereocenters. The monoisotopic (exact) mass is 250 g/mol. The minimum absolute atomic E-state index is 0.0101. The van der Waals surface area contributed by atoms with Crippen molar-refractivity contribution in [1.29, 1.82) is 0 Å². The normalized spacial score (nSPS) is 10.8. The molecule has 0 spiro atoms. The molecule has 2 rings (SSSR count). The molecule has 1 aromatic carbocycles. The molecule has 0 amide bonds. The Morgan fingerprint density at radius 2 is 2.00 bits per heavy atom. The van der Waals surface area contributed by atoms with Crippen molar-refractivity contribution in [2.24, 2.45) is 5.73 Å². The summed E-state index contributed by atoms with van der Waals surface area (Å²) >= 11 is 0. The molecule has 0 unspecified atom stereocenters. The van der Waals surface area contributed by atoms with E-state index in [1.165, 1.54) is 12.1 Å². The molecular formula is C12H15FN4O. The van der Waals surface area contributed by atoms with Crippen LogP contribution < -0.4 is 5.73 Å². The highest BCUT2D eigenvalue weighted by atomic mass is 19.1. The highest BCUT2D eigenvalue weighted by Gasteiger charge is 2.11.